The standard InChI is InChI=1S/C20H22ClFN4O/c21-16-4-5-18-15(11-16)3-1-2-8-26(18)19(27)14-6-9-25(10-7-14)20-23-12-17(22)13-24-20/h4-5,11-14H,1-3,6-10H2. The summed E-state index contributed by atoms with van der Waals surface area (Å²) in [5.74, 6) is 0.268. The smallest absolute Gasteiger partial charge is 0.230 e. The van der Waals surface area contributed by atoms with E-state index in [-0.39, 0.29) is 11.8 Å². The van der Waals surface area contributed by atoms with Crippen LogP contribution in [0.2, 0.25) is 5.02 Å². The van der Waals surface area contributed by atoms with Crippen LogP contribution in [0.5, 0.6) is 0 Å². The Balaban J connectivity index is 1.46. The average Bonchev–Trinajstić information content (AvgIpc) is 2.90. The Kier molecular flexibility index (Phi) is 5.25. The summed E-state index contributed by atoms with van der Waals surface area (Å²) in [6.07, 6.45) is 6.88. The number of hydrogen-bond acceptors (Lipinski definition) is 4. The molecule has 0 spiro atoms. The van der Waals surface area contributed by atoms with Gasteiger partial charge in [0.2, 0.25) is 11.9 Å². The maximum absolute atomic E-state index is 13.2. The van der Waals surface area contributed by atoms with Gasteiger partial charge in [-0.1, -0.05) is 11.6 Å². The zero-order chi connectivity index (χ0) is 18.8. The summed E-state index contributed by atoms with van der Waals surface area (Å²) >= 11 is 6.15. The largest absolute Gasteiger partial charge is 0.341 e. The highest BCUT2D eigenvalue weighted by Gasteiger charge is 2.31. The summed E-state index contributed by atoms with van der Waals surface area (Å²) in [7, 11) is 0. The van der Waals surface area contributed by atoms with Gasteiger partial charge in [0.05, 0.1) is 12.4 Å². The summed E-state index contributed by atoms with van der Waals surface area (Å²) in [4.78, 5) is 25.3. The molecule has 2 aliphatic heterocycles. The number of aryl methyl sites for hydroxylation is 1. The molecule has 1 fully saturated rings. The molecule has 0 N–H and O–H groups in total. The third-order valence-electron chi connectivity index (χ3n) is 5.41. The van der Waals surface area contributed by atoms with Crippen LogP contribution in [-0.2, 0) is 11.2 Å². The molecular formula is C20H22ClFN4O. The van der Waals surface area contributed by atoms with Gasteiger partial charge in [0.15, 0.2) is 5.82 Å². The van der Waals surface area contributed by atoms with Crippen molar-refractivity contribution < 1.29 is 9.18 Å². The lowest BCUT2D eigenvalue weighted by molar-refractivity contribution is -0.123. The molecule has 5 nitrogen and oxygen atoms in total. The van der Waals surface area contributed by atoms with Crippen molar-refractivity contribution in [1.29, 1.82) is 0 Å². The Hall–Kier alpha value is -2.21. The van der Waals surface area contributed by atoms with Crippen LogP contribution >= 0.6 is 11.6 Å². The van der Waals surface area contributed by atoms with Gasteiger partial charge in [-0.25, -0.2) is 14.4 Å². The van der Waals surface area contributed by atoms with Crippen molar-refractivity contribution in [3.05, 3.63) is 47.0 Å². The predicted molar refractivity (Wildman–Crippen MR) is 104 cm³/mol. The second kappa shape index (κ2) is 7.80. The number of amides is 1. The lowest BCUT2D eigenvalue weighted by atomic mass is 9.95. The first-order valence-electron chi connectivity index (χ1n) is 9.44. The first-order valence-corrected chi connectivity index (χ1v) is 9.82. The molecule has 1 amide bonds. The van der Waals surface area contributed by atoms with E-state index in [2.05, 4.69) is 9.97 Å². The minimum absolute atomic E-state index is 0.0108. The third-order valence-corrected chi connectivity index (χ3v) is 5.65. The number of benzene rings is 1. The van der Waals surface area contributed by atoms with Crippen molar-refractivity contribution >= 4 is 29.1 Å². The minimum atomic E-state index is -0.441. The number of rotatable bonds is 2. The van der Waals surface area contributed by atoms with E-state index >= 15 is 0 Å². The Labute approximate surface area is 163 Å². The van der Waals surface area contributed by atoms with E-state index in [1.165, 1.54) is 12.4 Å². The molecule has 2 aliphatic rings. The van der Waals surface area contributed by atoms with Gasteiger partial charge in [0, 0.05) is 36.3 Å². The molecule has 1 aromatic heterocycles. The van der Waals surface area contributed by atoms with Crippen molar-refractivity contribution in [2.45, 2.75) is 32.1 Å². The van der Waals surface area contributed by atoms with Gasteiger partial charge < -0.3 is 9.80 Å². The predicted octanol–water partition coefficient (Wildman–Crippen LogP) is 3.86. The van der Waals surface area contributed by atoms with Gasteiger partial charge in [-0.2, -0.15) is 0 Å². The molecule has 0 aliphatic carbocycles. The maximum Gasteiger partial charge on any atom is 0.230 e. The highest BCUT2D eigenvalue weighted by Crippen LogP contribution is 2.32. The van der Waals surface area contributed by atoms with Gasteiger partial charge in [-0.15, -0.1) is 0 Å². The zero-order valence-electron chi connectivity index (χ0n) is 15.1. The van der Waals surface area contributed by atoms with Crippen LogP contribution in [0.1, 0.15) is 31.2 Å². The second-order valence-corrected chi connectivity index (χ2v) is 7.62. The Bertz CT molecular complexity index is 821. The number of hydrogen-bond donors (Lipinski definition) is 0. The van der Waals surface area contributed by atoms with Crippen LogP contribution in [0, 0.1) is 11.7 Å². The number of aromatic nitrogens is 2. The fraction of sp³-hybridized carbons (Fsp3) is 0.450. The lowest BCUT2D eigenvalue weighted by Gasteiger charge is -2.34. The van der Waals surface area contributed by atoms with Crippen molar-refractivity contribution in [2.24, 2.45) is 5.92 Å². The molecule has 4 rings (SSSR count). The van der Waals surface area contributed by atoms with Crippen LogP contribution < -0.4 is 9.80 Å². The lowest BCUT2D eigenvalue weighted by Crippen LogP contribution is -2.43. The molecule has 1 saturated heterocycles. The van der Waals surface area contributed by atoms with Crippen LogP contribution in [0.3, 0.4) is 0 Å². The summed E-state index contributed by atoms with van der Waals surface area (Å²) in [5, 5.41) is 0.718. The van der Waals surface area contributed by atoms with E-state index in [0.717, 1.165) is 54.9 Å². The van der Waals surface area contributed by atoms with Gasteiger partial charge in [0.1, 0.15) is 0 Å². The van der Waals surface area contributed by atoms with Crippen LogP contribution in [0.4, 0.5) is 16.0 Å². The number of anilines is 2. The van der Waals surface area contributed by atoms with Crippen LogP contribution in [0.25, 0.3) is 0 Å². The SMILES string of the molecule is O=C(C1CCN(c2ncc(F)cn2)CC1)N1CCCCc2cc(Cl)ccc21. The Morgan fingerprint density at radius 2 is 1.85 bits per heavy atom. The van der Waals surface area contributed by atoms with Crippen molar-refractivity contribution in [2.75, 3.05) is 29.4 Å². The molecule has 7 heteroatoms. The molecule has 142 valence electrons. The first-order chi connectivity index (χ1) is 13.1. The number of halogens is 2. The van der Waals surface area contributed by atoms with E-state index in [1.54, 1.807) is 0 Å². The summed E-state index contributed by atoms with van der Waals surface area (Å²) in [5.41, 5.74) is 2.16. The van der Waals surface area contributed by atoms with E-state index in [1.807, 2.05) is 28.0 Å². The van der Waals surface area contributed by atoms with E-state index < -0.39 is 5.82 Å². The minimum Gasteiger partial charge on any atom is -0.341 e. The number of carbonyl (C=O) groups excluding carboxylic acids is 1. The highest BCUT2D eigenvalue weighted by molar-refractivity contribution is 6.30. The Morgan fingerprint density at radius 3 is 2.59 bits per heavy atom. The van der Waals surface area contributed by atoms with Gasteiger partial charge in [0.25, 0.3) is 0 Å². The van der Waals surface area contributed by atoms with Crippen molar-refractivity contribution in [3.63, 3.8) is 0 Å². The fourth-order valence-electron chi connectivity index (χ4n) is 3.97. The molecule has 0 radical (unpaired) electrons. The van der Waals surface area contributed by atoms with E-state index in [9.17, 15) is 9.18 Å². The Morgan fingerprint density at radius 1 is 1.11 bits per heavy atom. The third kappa shape index (κ3) is 3.90. The van der Waals surface area contributed by atoms with Crippen molar-refractivity contribution in [1.82, 2.24) is 9.97 Å². The molecule has 27 heavy (non-hydrogen) atoms. The highest BCUT2D eigenvalue weighted by atomic mass is 35.5. The fourth-order valence-corrected chi connectivity index (χ4v) is 4.16. The molecular weight excluding hydrogens is 367 g/mol. The first kappa shape index (κ1) is 18.2. The van der Waals surface area contributed by atoms with Gasteiger partial charge in [-0.05, 0) is 55.9 Å². The average molecular weight is 389 g/mol. The topological polar surface area (TPSA) is 49.3 Å². The summed E-state index contributed by atoms with van der Waals surface area (Å²) in [6.45, 7) is 2.15. The van der Waals surface area contributed by atoms with E-state index in [4.69, 9.17) is 11.6 Å². The van der Waals surface area contributed by atoms with Crippen molar-refractivity contribution in [3.8, 4) is 0 Å². The number of fused-ring (bicyclic) bond motifs is 1. The molecule has 0 saturated carbocycles. The van der Waals surface area contributed by atoms with Gasteiger partial charge in [-0.3, -0.25) is 4.79 Å². The monoisotopic (exact) mass is 388 g/mol. The molecule has 0 unspecified atom stereocenters. The van der Waals surface area contributed by atoms with Gasteiger partial charge >= 0.3 is 0 Å². The second-order valence-electron chi connectivity index (χ2n) is 7.18. The summed E-state index contributed by atoms with van der Waals surface area (Å²) in [6, 6.07) is 5.82. The quantitative estimate of drug-likeness (QED) is 0.784. The number of piperidine rings is 1. The number of carbonyl (C=O) groups is 1. The zero-order valence-corrected chi connectivity index (χ0v) is 15.8. The normalized spacial score (nSPS) is 18.1. The molecule has 0 bridgehead atoms. The molecule has 3 heterocycles. The van der Waals surface area contributed by atoms with E-state index in [0.29, 0.717) is 19.0 Å². The summed E-state index contributed by atoms with van der Waals surface area (Å²) < 4.78 is 13.0. The molecule has 1 aromatic carbocycles. The van der Waals surface area contributed by atoms with Crippen LogP contribution in [-0.4, -0.2) is 35.5 Å². The number of nitrogens with zero attached hydrogens (tertiary/aromatic N) is 4. The molecule has 2 aromatic rings. The molecule has 0 atom stereocenters. The van der Waals surface area contributed by atoms with Crippen LogP contribution in [0.15, 0.2) is 30.6 Å². The maximum atomic E-state index is 13.2.